The summed E-state index contributed by atoms with van der Waals surface area (Å²) in [7, 11) is 1.03. The molecule has 0 aliphatic carbocycles. The first-order valence-electron chi connectivity index (χ1n) is 18.4. The van der Waals surface area contributed by atoms with Crippen molar-refractivity contribution in [2.45, 2.75) is 77.8 Å². The molecule has 271 valence electrons. The van der Waals surface area contributed by atoms with Crippen molar-refractivity contribution in [3.05, 3.63) is 127 Å². The first-order chi connectivity index (χ1) is 25.6. The van der Waals surface area contributed by atoms with Crippen LogP contribution in [0.1, 0.15) is 55.4 Å². The summed E-state index contributed by atoms with van der Waals surface area (Å²) in [5, 5.41) is 10.8. The Morgan fingerprint density at radius 3 is 1.35 bits per heavy atom. The third-order valence-electron chi connectivity index (χ3n) is 10.9. The first-order valence-corrected chi connectivity index (χ1v) is 18.4. The monoisotopic (exact) mass is 714 g/mol. The van der Waals surface area contributed by atoms with E-state index in [1.807, 2.05) is 96.1 Å². The third-order valence-corrected chi connectivity index (χ3v) is 10.9. The number of hydrogen-bond donors (Lipinski definition) is 1. The number of rotatable bonds is 10. The molecule has 1 aliphatic rings. The highest BCUT2D eigenvalue weighted by Gasteiger charge is 2.52. The van der Waals surface area contributed by atoms with Crippen LogP contribution in [0.4, 0.5) is 0 Å². The molecule has 0 bridgehead atoms. The second-order valence-electron chi connectivity index (χ2n) is 16.0. The second-order valence-corrected chi connectivity index (χ2v) is 16.0. The Morgan fingerprint density at radius 1 is 0.537 bits per heavy atom. The average Bonchev–Trinajstić information content (AvgIpc) is 3.40. The Labute approximate surface area is 320 Å². The smallest absolute Gasteiger partial charge is 0.427 e. The zero-order valence-electron chi connectivity index (χ0n) is 32.3. The molecule has 1 aromatic heterocycles. The molecule has 9 heteroatoms. The van der Waals surface area contributed by atoms with E-state index in [9.17, 15) is 5.11 Å². The molecule has 0 spiro atoms. The quantitative estimate of drug-likeness (QED) is 0.143. The molecule has 0 atom stereocenters. The summed E-state index contributed by atoms with van der Waals surface area (Å²) in [5.41, 5.74) is 5.45. The summed E-state index contributed by atoms with van der Waals surface area (Å²) in [4.78, 5) is 15.2. The van der Waals surface area contributed by atoms with Crippen LogP contribution in [0.25, 0.3) is 56.4 Å². The van der Waals surface area contributed by atoms with Gasteiger partial charge in [0.2, 0.25) is 0 Å². The van der Waals surface area contributed by atoms with Gasteiger partial charge in [0.1, 0.15) is 0 Å². The minimum Gasteiger partial charge on any atom is -0.427 e. The van der Waals surface area contributed by atoms with E-state index in [0.29, 0.717) is 17.5 Å². The fourth-order valence-electron chi connectivity index (χ4n) is 6.00. The largest absolute Gasteiger partial charge is 0.494 e. The number of benzene rings is 5. The zero-order valence-corrected chi connectivity index (χ0v) is 32.3. The van der Waals surface area contributed by atoms with Gasteiger partial charge in [-0.2, -0.15) is 0 Å². The molecular weight excluding hydrogens is 668 g/mol. The fourth-order valence-corrected chi connectivity index (χ4v) is 6.00. The van der Waals surface area contributed by atoms with Crippen LogP contribution in [0.15, 0.2) is 127 Å². The summed E-state index contributed by atoms with van der Waals surface area (Å²) in [5.74, 6) is 1.59. The minimum atomic E-state index is -1.10. The molecule has 5 aromatic carbocycles. The second kappa shape index (κ2) is 14.4. The van der Waals surface area contributed by atoms with Gasteiger partial charge in [0.15, 0.2) is 17.5 Å². The standard InChI is InChI=1S/C45H46B2N3O4/c1-42(2,51)43(3,4)52-46-37-27-36(28-38(29-37)47-53-44(5,6)45(7,8)54-47)41-49-39(34-23-19-32(20-24-34)30-15-11-9-12-16-30)48-40(50-41)35-25-21-33(22-26-35)31-17-13-10-14-18-31/h9-29,51H,1-8H3. The van der Waals surface area contributed by atoms with Crippen molar-refractivity contribution in [2.75, 3.05) is 0 Å². The number of hydrogen-bond acceptors (Lipinski definition) is 7. The van der Waals surface area contributed by atoms with E-state index in [4.69, 9.17) is 28.9 Å². The van der Waals surface area contributed by atoms with Crippen molar-refractivity contribution in [3.8, 4) is 56.4 Å². The Hall–Kier alpha value is -4.92. The zero-order chi connectivity index (χ0) is 38.3. The number of nitrogens with zero attached hydrogens (tertiary/aromatic N) is 3. The predicted molar refractivity (Wildman–Crippen MR) is 220 cm³/mol. The predicted octanol–water partition coefficient (Wildman–Crippen LogP) is 8.32. The summed E-state index contributed by atoms with van der Waals surface area (Å²) in [6.07, 6.45) is 0. The maximum Gasteiger partial charge on any atom is 0.494 e. The Balaban J connectivity index is 1.34. The van der Waals surface area contributed by atoms with Crippen LogP contribution in [-0.4, -0.2) is 57.1 Å². The average molecular weight is 715 g/mol. The van der Waals surface area contributed by atoms with Crippen LogP contribution in [0, 0.1) is 0 Å². The maximum atomic E-state index is 10.8. The molecule has 0 amide bonds. The molecule has 54 heavy (non-hydrogen) atoms. The lowest BCUT2D eigenvalue weighted by Crippen LogP contribution is -2.49. The van der Waals surface area contributed by atoms with Gasteiger partial charge >= 0.3 is 14.6 Å². The number of aliphatic hydroxyl groups is 1. The van der Waals surface area contributed by atoms with Gasteiger partial charge in [0.25, 0.3) is 0 Å². The molecule has 1 saturated heterocycles. The van der Waals surface area contributed by atoms with Crippen molar-refractivity contribution in [2.24, 2.45) is 0 Å². The van der Waals surface area contributed by atoms with E-state index in [-0.39, 0.29) is 0 Å². The van der Waals surface area contributed by atoms with Crippen molar-refractivity contribution in [1.82, 2.24) is 15.0 Å². The molecule has 0 saturated carbocycles. The van der Waals surface area contributed by atoms with Gasteiger partial charge in [0, 0.05) is 16.7 Å². The van der Waals surface area contributed by atoms with E-state index in [1.165, 1.54) is 0 Å². The SMILES string of the molecule is CC(C)(O)C(C)(C)O[B]c1cc(B2OC(C)(C)C(C)(C)O2)cc(-c2nc(-c3ccc(-c4ccccc4)cc3)nc(-c3ccc(-c4ccccc4)cc3)n2)c1. The van der Waals surface area contributed by atoms with E-state index in [2.05, 4.69) is 72.8 Å². The lowest BCUT2D eigenvalue weighted by molar-refractivity contribution is -0.0893. The molecule has 1 fully saturated rings. The molecule has 7 rings (SSSR count). The molecule has 7 nitrogen and oxygen atoms in total. The lowest BCUT2D eigenvalue weighted by atomic mass is 9.73. The normalized spacial score (nSPS) is 15.3. The Bertz CT molecular complexity index is 2120. The summed E-state index contributed by atoms with van der Waals surface area (Å²) < 4.78 is 19.3. The number of aromatic nitrogens is 3. The van der Waals surface area contributed by atoms with E-state index in [1.54, 1.807) is 21.3 Å². The lowest BCUT2D eigenvalue weighted by Gasteiger charge is -2.37. The van der Waals surface area contributed by atoms with Gasteiger partial charge in [-0.05, 0) is 83.1 Å². The van der Waals surface area contributed by atoms with Gasteiger partial charge in [-0.3, -0.25) is 0 Å². The molecule has 1 aliphatic heterocycles. The van der Waals surface area contributed by atoms with E-state index >= 15 is 0 Å². The summed E-state index contributed by atoms with van der Waals surface area (Å²) in [6.45, 7) is 15.3. The molecule has 6 aromatic rings. The molecule has 2 heterocycles. The topological polar surface area (TPSA) is 86.6 Å². The van der Waals surface area contributed by atoms with Crippen LogP contribution < -0.4 is 10.9 Å². The molecule has 0 unspecified atom stereocenters. The highest BCUT2D eigenvalue weighted by atomic mass is 16.7. The van der Waals surface area contributed by atoms with Crippen LogP contribution in [-0.2, 0) is 14.0 Å². The van der Waals surface area contributed by atoms with E-state index in [0.717, 1.165) is 49.9 Å². The molecule has 1 N–H and O–H groups in total. The van der Waals surface area contributed by atoms with Crippen LogP contribution in [0.5, 0.6) is 0 Å². The highest BCUT2D eigenvalue weighted by Crippen LogP contribution is 2.37. The van der Waals surface area contributed by atoms with Crippen molar-refractivity contribution < 1.29 is 19.1 Å². The van der Waals surface area contributed by atoms with Crippen molar-refractivity contribution in [1.29, 1.82) is 0 Å². The van der Waals surface area contributed by atoms with Gasteiger partial charge in [0.05, 0.1) is 22.4 Å². The third kappa shape index (κ3) is 7.82. The van der Waals surface area contributed by atoms with Gasteiger partial charge in [-0.25, -0.2) is 15.0 Å². The molecular formula is C45H46B2N3O4. The first kappa shape index (κ1) is 37.4. The van der Waals surface area contributed by atoms with Crippen molar-refractivity contribution in [3.63, 3.8) is 0 Å². The van der Waals surface area contributed by atoms with Gasteiger partial charge in [-0.1, -0.05) is 133 Å². The van der Waals surface area contributed by atoms with Crippen molar-refractivity contribution >= 4 is 25.5 Å². The van der Waals surface area contributed by atoms with E-state index < -0.39 is 29.5 Å². The minimum absolute atomic E-state index is 0.490. The molecule has 1 radical (unpaired) electrons. The summed E-state index contributed by atoms with van der Waals surface area (Å²) >= 11 is 0. The highest BCUT2D eigenvalue weighted by molar-refractivity contribution is 6.63. The van der Waals surface area contributed by atoms with Gasteiger partial charge < -0.3 is 19.1 Å². The maximum absolute atomic E-state index is 10.8. The summed E-state index contributed by atoms with van der Waals surface area (Å²) in [6, 6.07) is 43.1. The Kier molecular flexibility index (Phi) is 9.96. The van der Waals surface area contributed by atoms with Crippen LogP contribution >= 0.6 is 0 Å². The van der Waals surface area contributed by atoms with Gasteiger partial charge in [-0.15, -0.1) is 0 Å². The fraction of sp³-hybridized carbons (Fsp3) is 0.267. The van der Waals surface area contributed by atoms with Crippen LogP contribution in [0.2, 0.25) is 0 Å². The Morgan fingerprint density at radius 2 is 0.926 bits per heavy atom. The van der Waals surface area contributed by atoms with Crippen LogP contribution in [0.3, 0.4) is 0 Å².